The summed E-state index contributed by atoms with van der Waals surface area (Å²) in [6, 6.07) is 22.8. The van der Waals surface area contributed by atoms with E-state index in [0.717, 1.165) is 40.3 Å². The number of aryl methyl sites for hydroxylation is 1. The molecule has 1 unspecified atom stereocenters. The molecular weight excluding hydrogens is 404 g/mol. The third-order valence-corrected chi connectivity index (χ3v) is 7.11. The van der Waals surface area contributed by atoms with E-state index in [0.29, 0.717) is 19.0 Å². The van der Waals surface area contributed by atoms with Crippen molar-refractivity contribution in [3.05, 3.63) is 82.9 Å². The molecule has 1 saturated heterocycles. The van der Waals surface area contributed by atoms with Crippen LogP contribution in [0.1, 0.15) is 27.3 Å². The van der Waals surface area contributed by atoms with E-state index in [-0.39, 0.29) is 5.91 Å². The van der Waals surface area contributed by atoms with E-state index in [1.165, 1.54) is 22.6 Å². The first-order valence-corrected chi connectivity index (χ1v) is 11.6. The molecule has 5 rings (SSSR count). The Hall–Kier alpha value is -3.12. The molecule has 0 aliphatic carbocycles. The maximum atomic E-state index is 12.9. The molecule has 0 radical (unpaired) electrons. The van der Waals surface area contributed by atoms with Gasteiger partial charge in [-0.05, 0) is 43.0 Å². The second-order valence-electron chi connectivity index (χ2n) is 8.20. The fourth-order valence-electron chi connectivity index (χ4n) is 4.28. The first-order chi connectivity index (χ1) is 15.2. The van der Waals surface area contributed by atoms with Crippen molar-refractivity contribution in [3.63, 3.8) is 0 Å². The second-order valence-corrected chi connectivity index (χ2v) is 9.24. The number of nitrogens with zero attached hydrogens (tertiary/aromatic N) is 3. The number of aromatic nitrogens is 2. The Morgan fingerprint density at radius 2 is 1.87 bits per heavy atom. The summed E-state index contributed by atoms with van der Waals surface area (Å²) in [5.74, 6) is 0.499. The van der Waals surface area contributed by atoms with Crippen molar-refractivity contribution in [2.24, 2.45) is 5.92 Å². The van der Waals surface area contributed by atoms with Crippen LogP contribution >= 0.6 is 11.3 Å². The van der Waals surface area contributed by atoms with Gasteiger partial charge in [-0.25, -0.2) is 0 Å². The minimum absolute atomic E-state index is 0.0185. The number of anilines is 1. The number of hydrogen-bond acceptors (Lipinski definition) is 4. The average molecular weight is 431 g/mol. The quantitative estimate of drug-likeness (QED) is 0.482. The van der Waals surface area contributed by atoms with E-state index < -0.39 is 0 Å². The monoisotopic (exact) mass is 430 g/mol. The fraction of sp³-hybridized carbons (Fsp3) is 0.280. The van der Waals surface area contributed by atoms with Gasteiger partial charge in [0.05, 0.1) is 17.1 Å². The molecule has 5 nitrogen and oxygen atoms in total. The number of thiophene rings is 1. The topological polar surface area (TPSA) is 50.2 Å². The summed E-state index contributed by atoms with van der Waals surface area (Å²) >= 11 is 1.53. The summed E-state index contributed by atoms with van der Waals surface area (Å²) in [5.41, 5.74) is 3.44. The Kier molecular flexibility index (Phi) is 5.47. The van der Waals surface area contributed by atoms with Gasteiger partial charge in [0.2, 0.25) is 0 Å². The predicted octanol–water partition coefficient (Wildman–Crippen LogP) is 4.71. The van der Waals surface area contributed by atoms with Crippen molar-refractivity contribution >= 4 is 33.1 Å². The summed E-state index contributed by atoms with van der Waals surface area (Å²) in [5, 5.41) is 8.92. The molecule has 1 aliphatic heterocycles. The molecule has 1 atom stereocenters. The molecule has 0 saturated carbocycles. The lowest BCUT2D eigenvalue weighted by Crippen LogP contribution is -2.30. The lowest BCUT2D eigenvalue weighted by Gasteiger charge is -2.18. The first-order valence-electron chi connectivity index (χ1n) is 10.8. The Morgan fingerprint density at radius 1 is 1.13 bits per heavy atom. The van der Waals surface area contributed by atoms with Crippen LogP contribution in [0.2, 0.25) is 0 Å². The maximum absolute atomic E-state index is 12.9. The van der Waals surface area contributed by atoms with Crippen LogP contribution in [0.3, 0.4) is 0 Å². The number of benzene rings is 2. The van der Waals surface area contributed by atoms with Gasteiger partial charge in [-0.1, -0.05) is 48.5 Å². The van der Waals surface area contributed by atoms with Gasteiger partial charge in [0, 0.05) is 30.7 Å². The van der Waals surface area contributed by atoms with Gasteiger partial charge in [-0.15, -0.1) is 11.3 Å². The third-order valence-electron chi connectivity index (χ3n) is 5.96. The van der Waals surface area contributed by atoms with Crippen LogP contribution in [0.25, 0.3) is 10.2 Å². The van der Waals surface area contributed by atoms with Crippen LogP contribution in [-0.4, -0.2) is 35.3 Å². The van der Waals surface area contributed by atoms with Gasteiger partial charge in [-0.3, -0.25) is 9.48 Å². The Morgan fingerprint density at radius 3 is 2.65 bits per heavy atom. The molecule has 0 bridgehead atoms. The normalized spacial score (nSPS) is 16.2. The summed E-state index contributed by atoms with van der Waals surface area (Å²) in [6.45, 7) is 5.47. The minimum Gasteiger partial charge on any atom is -0.371 e. The number of nitrogens with one attached hydrogen (secondary N) is 1. The van der Waals surface area contributed by atoms with Gasteiger partial charge in [-0.2, -0.15) is 5.10 Å². The van der Waals surface area contributed by atoms with E-state index in [1.54, 1.807) is 0 Å². The number of carbonyl (C=O) groups is 1. The van der Waals surface area contributed by atoms with Crippen LogP contribution in [0.4, 0.5) is 5.69 Å². The summed E-state index contributed by atoms with van der Waals surface area (Å²) < 4.78 is 2.01. The highest BCUT2D eigenvalue weighted by Crippen LogP contribution is 2.29. The number of amides is 1. The zero-order valence-electron chi connectivity index (χ0n) is 17.6. The second kappa shape index (κ2) is 8.55. The predicted molar refractivity (Wildman–Crippen MR) is 127 cm³/mol. The Balaban J connectivity index is 1.24. The summed E-state index contributed by atoms with van der Waals surface area (Å²) in [4.78, 5) is 17.1. The number of fused-ring (bicyclic) bond motifs is 1. The largest absolute Gasteiger partial charge is 0.371 e. The highest BCUT2D eigenvalue weighted by molar-refractivity contribution is 7.20. The van der Waals surface area contributed by atoms with Crippen LogP contribution in [0, 0.1) is 12.8 Å². The molecule has 6 heteroatoms. The zero-order chi connectivity index (χ0) is 21.2. The molecule has 1 aliphatic rings. The lowest BCUT2D eigenvalue weighted by molar-refractivity contribution is 0.0952. The Labute approximate surface area is 186 Å². The molecular formula is C25H26N4OS. The van der Waals surface area contributed by atoms with Crippen LogP contribution in [-0.2, 0) is 6.54 Å². The van der Waals surface area contributed by atoms with Gasteiger partial charge < -0.3 is 10.2 Å². The summed E-state index contributed by atoms with van der Waals surface area (Å²) in [6.07, 6.45) is 1.10. The molecule has 0 spiro atoms. The van der Waals surface area contributed by atoms with Crippen molar-refractivity contribution in [3.8, 4) is 0 Å². The molecule has 2 aromatic carbocycles. The summed E-state index contributed by atoms with van der Waals surface area (Å²) in [7, 11) is 0. The third kappa shape index (κ3) is 4.21. The minimum atomic E-state index is 0.0185. The maximum Gasteiger partial charge on any atom is 0.261 e. The van der Waals surface area contributed by atoms with Gasteiger partial charge in [0.15, 0.2) is 0 Å². The van der Waals surface area contributed by atoms with Gasteiger partial charge in [0.25, 0.3) is 5.91 Å². The van der Waals surface area contributed by atoms with Crippen LogP contribution in [0.15, 0.2) is 66.7 Å². The first kappa shape index (κ1) is 19.8. The van der Waals surface area contributed by atoms with Crippen LogP contribution < -0.4 is 10.2 Å². The van der Waals surface area contributed by atoms with Crippen molar-refractivity contribution < 1.29 is 4.79 Å². The zero-order valence-corrected chi connectivity index (χ0v) is 18.4. The molecule has 1 N–H and O–H groups in total. The van der Waals surface area contributed by atoms with E-state index in [9.17, 15) is 4.79 Å². The van der Waals surface area contributed by atoms with Crippen molar-refractivity contribution in [1.82, 2.24) is 15.1 Å². The van der Waals surface area contributed by atoms with Crippen molar-refractivity contribution in [2.45, 2.75) is 19.9 Å². The molecule has 1 amide bonds. The van der Waals surface area contributed by atoms with E-state index in [4.69, 9.17) is 0 Å². The van der Waals surface area contributed by atoms with E-state index in [1.807, 2.05) is 41.9 Å². The molecule has 1 fully saturated rings. The number of para-hydroxylation sites is 1. The van der Waals surface area contributed by atoms with Crippen LogP contribution in [0.5, 0.6) is 0 Å². The Bertz CT molecular complexity index is 1180. The smallest absolute Gasteiger partial charge is 0.261 e. The van der Waals surface area contributed by atoms with Gasteiger partial charge in [0.1, 0.15) is 4.83 Å². The highest BCUT2D eigenvalue weighted by Gasteiger charge is 2.24. The number of carbonyl (C=O) groups excluding carboxylic acids is 1. The van der Waals surface area contributed by atoms with E-state index >= 15 is 0 Å². The van der Waals surface area contributed by atoms with Crippen molar-refractivity contribution in [2.75, 3.05) is 24.5 Å². The average Bonchev–Trinajstić information content (AvgIpc) is 3.51. The lowest BCUT2D eigenvalue weighted by atomic mass is 10.1. The highest BCUT2D eigenvalue weighted by atomic mass is 32.1. The molecule has 3 heterocycles. The molecule has 2 aromatic heterocycles. The van der Waals surface area contributed by atoms with Gasteiger partial charge >= 0.3 is 0 Å². The number of hydrogen-bond donors (Lipinski definition) is 1. The molecule has 4 aromatic rings. The standard InChI is InChI=1S/C25H26N4OS/c1-18-22-14-23(31-25(22)29(27-18)17-19-8-4-2-5-9-19)24(30)26-15-20-12-13-28(16-20)21-10-6-3-7-11-21/h2-11,14,20H,12-13,15-17H2,1H3,(H,26,30). The van der Waals surface area contributed by atoms with Crippen molar-refractivity contribution in [1.29, 1.82) is 0 Å². The number of rotatable bonds is 6. The molecule has 158 valence electrons. The SMILES string of the molecule is Cc1nn(Cc2ccccc2)c2sc(C(=O)NCC3CCN(c4ccccc4)C3)cc12. The fourth-order valence-corrected chi connectivity index (χ4v) is 5.36. The molecule has 31 heavy (non-hydrogen) atoms. The van der Waals surface area contributed by atoms with E-state index in [2.05, 4.69) is 51.7 Å².